The zero-order valence-corrected chi connectivity index (χ0v) is 20.0. The smallest absolute Gasteiger partial charge is 0.0708 e. The summed E-state index contributed by atoms with van der Waals surface area (Å²) < 4.78 is 0. The molecule has 0 heterocycles. The Balaban J connectivity index is -0.0000000873. The maximum Gasteiger partial charge on any atom is 0.0708 e. The molecule has 0 fully saturated rings. The topological polar surface area (TPSA) is 166 Å². The molecule has 0 aliphatic rings. The van der Waals surface area contributed by atoms with Gasteiger partial charge in [-0.2, -0.15) is 0 Å². The molecule has 0 aliphatic heterocycles. The van der Waals surface area contributed by atoms with Gasteiger partial charge in [0, 0.05) is 21.7 Å². The van der Waals surface area contributed by atoms with Crippen LogP contribution in [-0.2, 0) is 41.1 Å². The Morgan fingerprint density at radius 1 is 0.448 bits per heavy atom. The van der Waals surface area contributed by atoms with Gasteiger partial charge >= 0.3 is 0 Å². The molecule has 0 rings (SSSR count). The molecule has 0 saturated heterocycles. The average Bonchev–Trinajstić information content (AvgIpc) is 2.71. The van der Waals surface area contributed by atoms with Gasteiger partial charge in [-0.1, -0.05) is 76.0 Å². The van der Waals surface area contributed by atoms with Crippen LogP contribution in [0.5, 0.6) is 0 Å². The van der Waals surface area contributed by atoms with Gasteiger partial charge in [0.15, 0.2) is 0 Å². The van der Waals surface area contributed by atoms with Crippen molar-refractivity contribution >= 4 is 0 Å². The summed E-state index contributed by atoms with van der Waals surface area (Å²) in [5.41, 5.74) is 6.41. The normalized spacial score (nSPS) is 9.10. The molecule has 0 radical (unpaired) electrons. The maximum atomic E-state index is 7.82. The van der Waals surface area contributed by atoms with E-state index in [9.17, 15) is 0 Å². The number of unbranched alkanes of at least 4 members (excludes halogenated alkanes) is 4. The molecule has 0 spiro atoms. The van der Waals surface area contributed by atoms with Crippen LogP contribution >= 0.6 is 0 Å². The van der Waals surface area contributed by atoms with E-state index in [2.05, 4.69) is 47.0 Å². The summed E-state index contributed by atoms with van der Waals surface area (Å²) in [7, 11) is 0. The van der Waals surface area contributed by atoms with Crippen LogP contribution in [0.1, 0.15) is 79.1 Å². The predicted molar refractivity (Wildman–Crippen MR) is 103 cm³/mol. The SMILES string of the molecule is CCCCONO.CCCCONO.CCCCONO.CCCCONO.[Ti]. The van der Waals surface area contributed by atoms with E-state index in [0.29, 0.717) is 26.4 Å². The third-order valence-corrected chi connectivity index (χ3v) is 2.66. The monoisotopic (exact) mass is 468 g/mol. The van der Waals surface area contributed by atoms with E-state index >= 15 is 0 Å². The largest absolute Gasteiger partial charge is 0.292 e. The zero-order valence-electron chi connectivity index (χ0n) is 18.4. The molecule has 0 unspecified atom stereocenters. The summed E-state index contributed by atoms with van der Waals surface area (Å²) in [6.07, 6.45) is 8.26. The molecule has 0 aromatic rings. The summed E-state index contributed by atoms with van der Waals surface area (Å²) in [5.74, 6) is 0. The van der Waals surface area contributed by atoms with Crippen LogP contribution in [0.25, 0.3) is 0 Å². The third-order valence-electron chi connectivity index (χ3n) is 2.66. The Labute approximate surface area is 190 Å². The first-order chi connectivity index (χ1) is 13.7. The molecule has 13 heteroatoms. The van der Waals surface area contributed by atoms with Gasteiger partial charge < -0.3 is 0 Å². The minimum atomic E-state index is 0. The van der Waals surface area contributed by atoms with Crippen LogP contribution in [0.15, 0.2) is 0 Å². The Bertz CT molecular complexity index is 162. The second kappa shape index (κ2) is 51.1. The molecule has 0 saturated carbocycles. The Hall–Kier alpha value is 0.234. The molecule has 0 aromatic heterocycles. The summed E-state index contributed by atoms with van der Waals surface area (Å²) in [4.78, 5) is 17.5. The standard InChI is InChI=1S/4C4H11NO2.Ti/c4*1-2-3-4-7-5-6;/h4*5-6H,2-4H2,1H3;. The van der Waals surface area contributed by atoms with E-state index in [-0.39, 0.29) is 21.7 Å². The van der Waals surface area contributed by atoms with Gasteiger partial charge in [0.1, 0.15) is 0 Å². The summed E-state index contributed by atoms with van der Waals surface area (Å²) in [5, 5.41) is 31.3. The van der Waals surface area contributed by atoms with Crippen molar-refractivity contribution in [1.82, 2.24) is 22.6 Å². The fourth-order valence-electron chi connectivity index (χ4n) is 1.05. The average molecular weight is 468 g/mol. The molecule has 0 atom stereocenters. The van der Waals surface area contributed by atoms with Gasteiger partial charge in [0.25, 0.3) is 0 Å². The number of hydrogen-bond donors (Lipinski definition) is 8. The van der Waals surface area contributed by atoms with Crippen molar-refractivity contribution in [2.24, 2.45) is 0 Å². The molecular formula is C16H44N4O8Ti. The van der Waals surface area contributed by atoms with Gasteiger partial charge in [0.2, 0.25) is 0 Å². The van der Waals surface area contributed by atoms with Crippen LogP contribution in [0.3, 0.4) is 0 Å². The van der Waals surface area contributed by atoms with Gasteiger partial charge in [-0.25, -0.2) is 0 Å². The van der Waals surface area contributed by atoms with Crippen molar-refractivity contribution in [3.63, 3.8) is 0 Å². The Morgan fingerprint density at radius 3 is 0.724 bits per heavy atom. The molecule has 0 bridgehead atoms. The Kier molecular flexibility index (Phi) is 70.0. The summed E-state index contributed by atoms with van der Waals surface area (Å²) in [6.45, 7) is 10.5. The maximum absolute atomic E-state index is 7.82. The van der Waals surface area contributed by atoms with E-state index in [1.165, 1.54) is 0 Å². The second-order valence-electron chi connectivity index (χ2n) is 5.17. The first kappa shape index (κ1) is 39.7. The van der Waals surface area contributed by atoms with E-state index in [1.807, 2.05) is 0 Å². The van der Waals surface area contributed by atoms with Crippen molar-refractivity contribution in [3.8, 4) is 0 Å². The van der Waals surface area contributed by atoms with Gasteiger partial charge in [-0.3, -0.25) is 40.2 Å². The molecule has 180 valence electrons. The fraction of sp³-hybridized carbons (Fsp3) is 1.00. The van der Waals surface area contributed by atoms with E-state index in [0.717, 1.165) is 51.4 Å². The quantitative estimate of drug-likeness (QED) is 0.0950. The number of hydrogen-bond acceptors (Lipinski definition) is 12. The minimum Gasteiger partial charge on any atom is -0.292 e. The van der Waals surface area contributed by atoms with Crippen molar-refractivity contribution in [1.29, 1.82) is 0 Å². The Morgan fingerprint density at radius 2 is 0.621 bits per heavy atom. The first-order valence-corrected chi connectivity index (χ1v) is 9.69. The second-order valence-corrected chi connectivity index (χ2v) is 5.17. The van der Waals surface area contributed by atoms with E-state index in [4.69, 9.17) is 20.8 Å². The molecular weight excluding hydrogens is 424 g/mol. The van der Waals surface area contributed by atoms with Crippen molar-refractivity contribution in [3.05, 3.63) is 0 Å². The molecule has 0 aromatic carbocycles. The van der Waals surface area contributed by atoms with E-state index in [1.54, 1.807) is 22.6 Å². The van der Waals surface area contributed by atoms with Crippen LogP contribution in [0.4, 0.5) is 0 Å². The van der Waals surface area contributed by atoms with Crippen molar-refractivity contribution in [2.45, 2.75) is 79.1 Å². The van der Waals surface area contributed by atoms with E-state index < -0.39 is 0 Å². The van der Waals surface area contributed by atoms with Crippen molar-refractivity contribution in [2.75, 3.05) is 26.4 Å². The number of nitrogens with one attached hydrogen (secondary N) is 4. The molecule has 0 amide bonds. The number of rotatable bonds is 16. The van der Waals surface area contributed by atoms with Gasteiger partial charge in [-0.15, -0.1) is 0 Å². The van der Waals surface area contributed by atoms with Crippen molar-refractivity contribution < 1.29 is 61.9 Å². The van der Waals surface area contributed by atoms with Crippen LogP contribution in [0.2, 0.25) is 0 Å². The zero-order chi connectivity index (χ0) is 22.1. The molecule has 0 aliphatic carbocycles. The van der Waals surface area contributed by atoms with Gasteiger partial charge in [0.05, 0.1) is 26.4 Å². The molecule has 12 nitrogen and oxygen atoms in total. The first-order valence-electron chi connectivity index (χ1n) is 9.69. The minimum absolute atomic E-state index is 0. The summed E-state index contributed by atoms with van der Waals surface area (Å²) >= 11 is 0. The van der Waals surface area contributed by atoms with Crippen LogP contribution < -0.4 is 22.6 Å². The summed E-state index contributed by atoms with van der Waals surface area (Å²) in [6, 6.07) is 0. The predicted octanol–water partition coefficient (Wildman–Crippen LogP) is 2.79. The molecule has 29 heavy (non-hydrogen) atoms. The third kappa shape index (κ3) is 73.7. The fourth-order valence-corrected chi connectivity index (χ4v) is 1.05. The molecule has 8 N–H and O–H groups in total. The van der Waals surface area contributed by atoms with Crippen LogP contribution in [0, 0.1) is 0 Å². The van der Waals surface area contributed by atoms with Gasteiger partial charge in [-0.05, 0) is 25.7 Å². The van der Waals surface area contributed by atoms with Crippen LogP contribution in [-0.4, -0.2) is 47.3 Å².